The zero-order valence-corrected chi connectivity index (χ0v) is 16.2. The highest BCUT2D eigenvalue weighted by Gasteiger charge is 2.48. The van der Waals surface area contributed by atoms with Gasteiger partial charge in [-0.15, -0.1) is 0 Å². The van der Waals surface area contributed by atoms with E-state index in [1.54, 1.807) is 4.90 Å². The maximum Gasteiger partial charge on any atom is 0.253 e. The molecule has 0 bridgehead atoms. The molecule has 0 radical (unpaired) electrons. The molecule has 7 heteroatoms. The summed E-state index contributed by atoms with van der Waals surface area (Å²) in [5.41, 5.74) is 8.14. The fourth-order valence-electron chi connectivity index (χ4n) is 3.91. The molecule has 1 aliphatic carbocycles. The van der Waals surface area contributed by atoms with Gasteiger partial charge in [0.15, 0.2) is 0 Å². The van der Waals surface area contributed by atoms with Crippen molar-refractivity contribution < 1.29 is 9.59 Å². The molecule has 1 saturated carbocycles. The number of hydrogen-bond acceptors (Lipinski definition) is 5. The van der Waals surface area contributed by atoms with Gasteiger partial charge >= 0.3 is 0 Å². The van der Waals surface area contributed by atoms with E-state index in [0.29, 0.717) is 38.4 Å². The molecule has 1 saturated heterocycles. The fourth-order valence-corrected chi connectivity index (χ4v) is 3.91. The minimum absolute atomic E-state index is 0.000265. The van der Waals surface area contributed by atoms with Crippen LogP contribution in [0.4, 0.5) is 0 Å². The van der Waals surface area contributed by atoms with Gasteiger partial charge in [-0.1, -0.05) is 18.2 Å². The van der Waals surface area contributed by atoms with E-state index >= 15 is 0 Å². The predicted molar refractivity (Wildman–Crippen MR) is 108 cm³/mol. The molecule has 148 valence electrons. The smallest absolute Gasteiger partial charge is 0.253 e. The van der Waals surface area contributed by atoms with Crippen LogP contribution in [0.5, 0.6) is 0 Å². The monoisotopic (exact) mass is 389 g/mol. The van der Waals surface area contributed by atoms with Gasteiger partial charge in [0.2, 0.25) is 5.91 Å². The SMILES string of the molecule is NC1(C(=O)N2CCN(C(=O)c3ccc(-c4ccc5c(c4)=NCN=5)cc3)CC2)CC1. The second kappa shape index (κ2) is 6.77. The van der Waals surface area contributed by atoms with Crippen LogP contribution in [0.15, 0.2) is 52.4 Å². The molecule has 2 heterocycles. The number of hydrogen-bond donors (Lipinski definition) is 1. The number of piperazine rings is 1. The Labute approximate surface area is 168 Å². The third kappa shape index (κ3) is 3.31. The van der Waals surface area contributed by atoms with Crippen molar-refractivity contribution in [3.63, 3.8) is 0 Å². The van der Waals surface area contributed by atoms with E-state index in [9.17, 15) is 9.59 Å². The van der Waals surface area contributed by atoms with E-state index < -0.39 is 5.54 Å². The van der Waals surface area contributed by atoms with E-state index in [-0.39, 0.29) is 11.8 Å². The zero-order chi connectivity index (χ0) is 20.0. The van der Waals surface area contributed by atoms with Crippen LogP contribution in [0, 0.1) is 0 Å². The highest BCUT2D eigenvalue weighted by atomic mass is 16.2. The standard InChI is InChI=1S/C22H23N5O2/c23-22(7-8-22)21(29)27-11-9-26(10-12-27)20(28)16-3-1-15(2-4-16)17-5-6-18-19(13-17)25-14-24-18/h1-6,13H,7-12,14,23H2. The minimum Gasteiger partial charge on any atom is -0.338 e. The predicted octanol–water partition coefficient (Wildman–Crippen LogP) is 0.340. The molecular weight excluding hydrogens is 366 g/mol. The van der Waals surface area contributed by atoms with Crippen LogP contribution in [0.1, 0.15) is 23.2 Å². The molecule has 2 aromatic carbocycles. The summed E-state index contributed by atoms with van der Waals surface area (Å²) in [7, 11) is 0. The third-order valence-corrected chi connectivity index (χ3v) is 5.99. The minimum atomic E-state index is -0.638. The van der Waals surface area contributed by atoms with Crippen LogP contribution < -0.4 is 16.4 Å². The van der Waals surface area contributed by atoms with Crippen molar-refractivity contribution in [3.8, 4) is 11.1 Å². The summed E-state index contributed by atoms with van der Waals surface area (Å²) in [4.78, 5) is 37.5. The van der Waals surface area contributed by atoms with Crippen LogP contribution >= 0.6 is 0 Å². The topological polar surface area (TPSA) is 91.4 Å². The Morgan fingerprint density at radius 1 is 0.828 bits per heavy atom. The molecule has 0 unspecified atom stereocenters. The van der Waals surface area contributed by atoms with Crippen LogP contribution in [-0.2, 0) is 4.79 Å². The average Bonchev–Trinajstić information content (AvgIpc) is 3.34. The molecule has 29 heavy (non-hydrogen) atoms. The molecule has 2 aromatic rings. The number of nitrogens with zero attached hydrogens (tertiary/aromatic N) is 4. The highest BCUT2D eigenvalue weighted by molar-refractivity contribution is 5.95. The van der Waals surface area contributed by atoms with Crippen molar-refractivity contribution in [2.45, 2.75) is 18.4 Å². The lowest BCUT2D eigenvalue weighted by Crippen LogP contribution is -2.55. The van der Waals surface area contributed by atoms with Crippen molar-refractivity contribution in [1.29, 1.82) is 0 Å². The van der Waals surface area contributed by atoms with Gasteiger partial charge in [0.25, 0.3) is 5.91 Å². The summed E-state index contributed by atoms with van der Waals surface area (Å²) in [6.45, 7) is 2.67. The summed E-state index contributed by atoms with van der Waals surface area (Å²) in [6, 6.07) is 13.7. The van der Waals surface area contributed by atoms with E-state index in [4.69, 9.17) is 5.73 Å². The number of fused-ring (bicyclic) bond motifs is 1. The molecule has 0 aromatic heterocycles. The van der Waals surface area contributed by atoms with Crippen molar-refractivity contribution in [2.24, 2.45) is 15.7 Å². The van der Waals surface area contributed by atoms with Crippen LogP contribution in [0.2, 0.25) is 0 Å². The number of carbonyl (C=O) groups is 2. The lowest BCUT2D eigenvalue weighted by Gasteiger charge is -2.36. The number of nitrogens with two attached hydrogens (primary N) is 1. The van der Waals surface area contributed by atoms with Crippen molar-refractivity contribution in [3.05, 3.63) is 58.7 Å². The van der Waals surface area contributed by atoms with Crippen LogP contribution in [0.3, 0.4) is 0 Å². The Hall–Kier alpha value is -3.06. The first-order valence-electron chi connectivity index (χ1n) is 10.0. The second-order valence-corrected chi connectivity index (χ2v) is 7.98. The van der Waals surface area contributed by atoms with Crippen LogP contribution in [-0.4, -0.2) is 60.0 Å². The van der Waals surface area contributed by atoms with Gasteiger partial charge < -0.3 is 15.5 Å². The summed E-state index contributed by atoms with van der Waals surface area (Å²) < 4.78 is 0. The Kier molecular flexibility index (Phi) is 4.20. The molecule has 2 N–H and O–H groups in total. The van der Waals surface area contributed by atoms with Gasteiger partial charge in [-0.25, -0.2) is 0 Å². The Morgan fingerprint density at radius 2 is 1.45 bits per heavy atom. The maximum absolute atomic E-state index is 12.9. The number of carbonyl (C=O) groups excluding carboxylic acids is 2. The molecular formula is C22H23N5O2. The van der Waals surface area contributed by atoms with Gasteiger partial charge in [0.1, 0.15) is 6.67 Å². The van der Waals surface area contributed by atoms with E-state index in [0.717, 1.165) is 34.7 Å². The third-order valence-electron chi connectivity index (χ3n) is 5.99. The first-order valence-corrected chi connectivity index (χ1v) is 10.0. The molecule has 0 spiro atoms. The molecule has 2 aliphatic heterocycles. The quantitative estimate of drug-likeness (QED) is 0.821. The van der Waals surface area contributed by atoms with Crippen LogP contribution in [0.25, 0.3) is 11.1 Å². The normalized spacial score (nSPS) is 19.2. The second-order valence-electron chi connectivity index (χ2n) is 7.98. The summed E-state index contributed by atoms with van der Waals surface area (Å²) in [6.07, 6.45) is 1.54. The molecule has 5 rings (SSSR count). The van der Waals surface area contributed by atoms with Gasteiger partial charge in [-0.05, 0) is 48.2 Å². The summed E-state index contributed by atoms with van der Waals surface area (Å²) >= 11 is 0. The van der Waals surface area contributed by atoms with Gasteiger partial charge in [-0.2, -0.15) is 0 Å². The fraction of sp³-hybridized carbons (Fsp3) is 0.364. The van der Waals surface area contributed by atoms with Gasteiger partial charge in [-0.3, -0.25) is 19.6 Å². The Bertz CT molecular complexity index is 1100. The van der Waals surface area contributed by atoms with Crippen molar-refractivity contribution >= 4 is 11.8 Å². The van der Waals surface area contributed by atoms with E-state index in [1.165, 1.54) is 0 Å². The Morgan fingerprint density at radius 3 is 2.14 bits per heavy atom. The lowest BCUT2D eigenvalue weighted by molar-refractivity contribution is -0.135. The number of benzene rings is 2. The molecule has 2 fully saturated rings. The number of rotatable bonds is 3. The first kappa shape index (κ1) is 18.0. The zero-order valence-electron chi connectivity index (χ0n) is 16.2. The first-order chi connectivity index (χ1) is 14.0. The van der Waals surface area contributed by atoms with Gasteiger partial charge in [0, 0.05) is 31.7 Å². The van der Waals surface area contributed by atoms with Gasteiger partial charge in [0.05, 0.1) is 16.3 Å². The van der Waals surface area contributed by atoms with E-state index in [1.807, 2.05) is 47.4 Å². The molecule has 7 nitrogen and oxygen atoms in total. The molecule has 3 aliphatic rings. The summed E-state index contributed by atoms with van der Waals surface area (Å²) in [5.74, 6) is 0.0307. The van der Waals surface area contributed by atoms with Crippen molar-refractivity contribution in [1.82, 2.24) is 9.80 Å². The maximum atomic E-state index is 12.9. The highest BCUT2D eigenvalue weighted by Crippen LogP contribution is 2.34. The number of amides is 2. The summed E-state index contributed by atoms with van der Waals surface area (Å²) in [5, 5.41) is 1.85. The molecule has 2 amide bonds. The average molecular weight is 389 g/mol. The molecule has 0 atom stereocenters. The van der Waals surface area contributed by atoms with Crippen molar-refractivity contribution in [2.75, 3.05) is 32.8 Å². The van der Waals surface area contributed by atoms with E-state index in [2.05, 4.69) is 9.98 Å². The largest absolute Gasteiger partial charge is 0.338 e. The lowest BCUT2D eigenvalue weighted by atomic mass is 10.0. The Balaban J connectivity index is 1.25.